The van der Waals surface area contributed by atoms with E-state index in [0.29, 0.717) is 11.1 Å². The van der Waals surface area contributed by atoms with Crippen molar-refractivity contribution in [2.45, 2.75) is 32.9 Å². The average molecular weight is 285 g/mol. The number of nitrogens with one attached hydrogen (secondary N) is 1. The van der Waals surface area contributed by atoms with Gasteiger partial charge in [0.2, 0.25) is 0 Å². The first-order valence-electron chi connectivity index (χ1n) is 6.76. The van der Waals surface area contributed by atoms with Crippen LogP contribution in [0.25, 0.3) is 6.08 Å². The quantitative estimate of drug-likeness (QED) is 0.745. The topological polar surface area (TPSA) is 33.1 Å². The molecule has 1 rings (SSSR count). The van der Waals surface area contributed by atoms with E-state index < -0.39 is 0 Å². The van der Waals surface area contributed by atoms with Crippen molar-refractivity contribution < 1.29 is 0 Å². The maximum absolute atomic E-state index is 6.16. The first-order chi connectivity index (χ1) is 9.00. The van der Waals surface area contributed by atoms with Gasteiger partial charge in [-0.25, -0.2) is 0 Å². The fourth-order valence-corrected chi connectivity index (χ4v) is 1.87. The van der Waals surface area contributed by atoms with Crippen molar-refractivity contribution in [2.24, 2.45) is 0 Å². The van der Waals surface area contributed by atoms with Crippen molar-refractivity contribution in [3.05, 3.63) is 23.0 Å². The zero-order valence-corrected chi connectivity index (χ0v) is 13.1. The van der Waals surface area contributed by atoms with Gasteiger partial charge in [0, 0.05) is 12.6 Å². The third kappa shape index (κ3) is 6.23. The van der Waals surface area contributed by atoms with E-state index >= 15 is 0 Å². The van der Waals surface area contributed by atoms with Gasteiger partial charge in [-0.2, -0.15) is 5.10 Å². The van der Waals surface area contributed by atoms with Crippen LogP contribution in [0.3, 0.4) is 0 Å². The Morgan fingerprint density at radius 1 is 1.47 bits per heavy atom. The summed E-state index contributed by atoms with van der Waals surface area (Å²) in [4.78, 5) is 2.13. The van der Waals surface area contributed by atoms with Crippen molar-refractivity contribution >= 4 is 17.7 Å². The summed E-state index contributed by atoms with van der Waals surface area (Å²) in [7, 11) is 4.11. The van der Waals surface area contributed by atoms with E-state index in [1.807, 2.05) is 4.68 Å². The number of rotatable bonds is 8. The lowest BCUT2D eigenvalue weighted by molar-refractivity contribution is 0.372. The number of nitrogens with zero attached hydrogens (tertiary/aromatic N) is 3. The molecule has 108 valence electrons. The normalized spacial score (nSPS) is 12.2. The molecule has 1 aromatic heterocycles. The summed E-state index contributed by atoms with van der Waals surface area (Å²) in [6.07, 6.45) is 6.91. The molecule has 19 heavy (non-hydrogen) atoms. The van der Waals surface area contributed by atoms with Crippen molar-refractivity contribution in [1.29, 1.82) is 0 Å². The Kier molecular flexibility index (Phi) is 7.13. The van der Waals surface area contributed by atoms with Gasteiger partial charge in [-0.3, -0.25) is 4.68 Å². The molecule has 1 aromatic rings. The number of hydrogen-bond donors (Lipinski definition) is 1. The van der Waals surface area contributed by atoms with E-state index in [1.165, 1.54) is 0 Å². The monoisotopic (exact) mass is 284 g/mol. The predicted molar refractivity (Wildman–Crippen MR) is 82.6 cm³/mol. The molecule has 0 aliphatic rings. The van der Waals surface area contributed by atoms with Gasteiger partial charge in [-0.15, -0.1) is 0 Å². The molecule has 0 atom stereocenters. The van der Waals surface area contributed by atoms with Gasteiger partial charge < -0.3 is 10.2 Å². The minimum absolute atomic E-state index is 0.530. The highest BCUT2D eigenvalue weighted by molar-refractivity contribution is 6.31. The summed E-state index contributed by atoms with van der Waals surface area (Å²) in [5, 5.41) is 8.40. The highest BCUT2D eigenvalue weighted by Gasteiger charge is 2.05. The molecule has 0 saturated carbocycles. The summed E-state index contributed by atoms with van der Waals surface area (Å²) in [5.74, 6) is 0. The lowest BCUT2D eigenvalue weighted by atomic mass is 10.3. The number of hydrogen-bond acceptors (Lipinski definition) is 3. The average Bonchev–Trinajstić information content (AvgIpc) is 2.67. The Labute approximate surface area is 121 Å². The highest BCUT2D eigenvalue weighted by Crippen LogP contribution is 2.16. The highest BCUT2D eigenvalue weighted by atomic mass is 35.5. The van der Waals surface area contributed by atoms with Gasteiger partial charge in [0.25, 0.3) is 0 Å². The van der Waals surface area contributed by atoms with Gasteiger partial charge in [-0.1, -0.05) is 31.5 Å². The van der Waals surface area contributed by atoms with E-state index in [0.717, 1.165) is 31.7 Å². The lowest BCUT2D eigenvalue weighted by Crippen LogP contribution is -2.23. The SMILES string of the molecule is CC(C)NCC/C=C/c1c(Cl)cnn1CCN(C)C. The second-order valence-corrected chi connectivity index (χ2v) is 5.61. The molecule has 5 heteroatoms. The van der Waals surface area contributed by atoms with Crippen LogP contribution in [0.1, 0.15) is 26.0 Å². The van der Waals surface area contributed by atoms with Gasteiger partial charge in [0.1, 0.15) is 0 Å². The van der Waals surface area contributed by atoms with Crippen LogP contribution in [0.2, 0.25) is 5.02 Å². The Bertz CT molecular complexity index is 396. The minimum atomic E-state index is 0.530. The molecule has 1 N–H and O–H groups in total. The van der Waals surface area contributed by atoms with Crippen LogP contribution in [0.5, 0.6) is 0 Å². The molecule has 0 spiro atoms. The van der Waals surface area contributed by atoms with E-state index in [1.54, 1.807) is 6.20 Å². The van der Waals surface area contributed by atoms with Crippen LogP contribution in [-0.2, 0) is 6.54 Å². The van der Waals surface area contributed by atoms with Gasteiger partial charge in [0.15, 0.2) is 0 Å². The van der Waals surface area contributed by atoms with Crippen LogP contribution >= 0.6 is 11.6 Å². The summed E-state index contributed by atoms with van der Waals surface area (Å²) < 4.78 is 1.95. The zero-order valence-electron chi connectivity index (χ0n) is 12.4. The standard InChI is InChI=1S/C14H25ClN4/c1-12(2)16-8-6-5-7-14-13(15)11-17-19(14)10-9-18(3)4/h5,7,11-12,16H,6,8-10H2,1-4H3/b7-5+. The minimum Gasteiger partial charge on any atom is -0.314 e. The fourth-order valence-electron chi connectivity index (χ4n) is 1.66. The van der Waals surface area contributed by atoms with Crippen molar-refractivity contribution in [3.8, 4) is 0 Å². The molecule has 0 fully saturated rings. The zero-order chi connectivity index (χ0) is 14.3. The fraction of sp³-hybridized carbons (Fsp3) is 0.643. The van der Waals surface area contributed by atoms with E-state index in [2.05, 4.69) is 55.4 Å². The molecule has 0 aromatic carbocycles. The van der Waals surface area contributed by atoms with E-state index in [4.69, 9.17) is 11.6 Å². The number of aromatic nitrogens is 2. The summed E-state index contributed by atoms with van der Waals surface area (Å²) in [5.41, 5.74) is 0.994. The van der Waals surface area contributed by atoms with Crippen molar-refractivity contribution in [3.63, 3.8) is 0 Å². The van der Waals surface area contributed by atoms with Crippen molar-refractivity contribution in [1.82, 2.24) is 20.0 Å². The van der Waals surface area contributed by atoms with Gasteiger partial charge in [-0.05, 0) is 33.1 Å². The number of likely N-dealkylation sites (N-methyl/N-ethyl adjacent to an activating group) is 1. The van der Waals surface area contributed by atoms with Crippen LogP contribution in [0.4, 0.5) is 0 Å². The smallest absolute Gasteiger partial charge is 0.0859 e. The molecular formula is C14H25ClN4. The molecule has 0 unspecified atom stereocenters. The molecule has 0 saturated heterocycles. The molecule has 1 heterocycles. The second-order valence-electron chi connectivity index (χ2n) is 5.20. The Morgan fingerprint density at radius 2 is 2.21 bits per heavy atom. The Morgan fingerprint density at radius 3 is 2.84 bits per heavy atom. The largest absolute Gasteiger partial charge is 0.314 e. The number of halogens is 1. The van der Waals surface area contributed by atoms with Crippen LogP contribution < -0.4 is 5.32 Å². The van der Waals surface area contributed by atoms with Crippen LogP contribution in [0.15, 0.2) is 12.3 Å². The predicted octanol–water partition coefficient (Wildman–Crippen LogP) is 2.50. The Balaban J connectivity index is 2.51. The third-order valence-electron chi connectivity index (χ3n) is 2.73. The van der Waals surface area contributed by atoms with Crippen molar-refractivity contribution in [2.75, 3.05) is 27.2 Å². The summed E-state index contributed by atoms with van der Waals surface area (Å²) in [6, 6.07) is 0.530. The molecule has 0 radical (unpaired) electrons. The van der Waals surface area contributed by atoms with Gasteiger partial charge >= 0.3 is 0 Å². The Hall–Kier alpha value is -0.840. The van der Waals surface area contributed by atoms with Crippen LogP contribution in [-0.4, -0.2) is 47.9 Å². The molecule has 0 aliphatic heterocycles. The molecular weight excluding hydrogens is 260 g/mol. The van der Waals surface area contributed by atoms with E-state index in [9.17, 15) is 0 Å². The third-order valence-corrected chi connectivity index (χ3v) is 3.02. The van der Waals surface area contributed by atoms with E-state index in [-0.39, 0.29) is 0 Å². The molecule has 0 aliphatic carbocycles. The lowest BCUT2D eigenvalue weighted by Gasteiger charge is -2.10. The first-order valence-corrected chi connectivity index (χ1v) is 7.14. The van der Waals surface area contributed by atoms with Gasteiger partial charge in [0.05, 0.1) is 23.5 Å². The first kappa shape index (κ1) is 16.2. The summed E-state index contributed by atoms with van der Waals surface area (Å²) in [6.45, 7) is 7.09. The van der Waals surface area contributed by atoms with Crippen LogP contribution in [0, 0.1) is 0 Å². The maximum Gasteiger partial charge on any atom is 0.0859 e. The molecule has 4 nitrogen and oxygen atoms in total. The second kappa shape index (κ2) is 8.35. The molecule has 0 amide bonds. The summed E-state index contributed by atoms with van der Waals surface area (Å²) >= 11 is 6.16. The maximum atomic E-state index is 6.16. The molecule has 0 bridgehead atoms.